The summed E-state index contributed by atoms with van der Waals surface area (Å²) in [6.45, 7) is 0. The van der Waals surface area contributed by atoms with Crippen LogP contribution in [0.3, 0.4) is 0 Å². The molecule has 0 radical (unpaired) electrons. The lowest BCUT2D eigenvalue weighted by molar-refractivity contribution is -0.145. The first-order chi connectivity index (χ1) is 22.4. The van der Waals surface area contributed by atoms with Crippen LogP contribution in [0.5, 0.6) is 0 Å². The van der Waals surface area contributed by atoms with Gasteiger partial charge in [-0.25, -0.2) is 13.2 Å². The molecule has 47 heavy (non-hydrogen) atoms. The van der Waals surface area contributed by atoms with Crippen molar-refractivity contribution >= 4 is 84.9 Å². The Morgan fingerprint density at radius 3 is 2.26 bits per heavy atom. The predicted molar refractivity (Wildman–Crippen MR) is 187 cm³/mol. The molecule has 1 fully saturated rings. The molecule has 4 aromatic rings. The number of rotatable bonds is 10. The number of hydrogen-bond acceptors (Lipinski definition) is 8. The van der Waals surface area contributed by atoms with Crippen molar-refractivity contribution in [2.24, 2.45) is 0 Å². The molecule has 10 nitrogen and oxygen atoms in total. The number of thioether (sulfide) groups is 1. The van der Waals surface area contributed by atoms with E-state index in [-0.39, 0.29) is 38.6 Å². The molecule has 4 aromatic carbocycles. The second-order valence-corrected chi connectivity index (χ2v) is 14.6. The van der Waals surface area contributed by atoms with E-state index >= 15 is 0 Å². The first kappa shape index (κ1) is 34.5. The predicted octanol–water partition coefficient (Wildman–Crippen LogP) is 5.43. The van der Waals surface area contributed by atoms with E-state index in [9.17, 15) is 22.8 Å². The second kappa shape index (κ2) is 14.5. The van der Waals surface area contributed by atoms with Crippen molar-refractivity contribution in [3.63, 3.8) is 0 Å². The van der Waals surface area contributed by atoms with Crippen LogP contribution in [0.25, 0.3) is 10.8 Å². The van der Waals surface area contributed by atoms with Crippen molar-refractivity contribution in [3.8, 4) is 0 Å². The molecule has 2 amide bonds. The largest absolute Gasteiger partial charge is 0.467 e. The Morgan fingerprint density at radius 2 is 1.60 bits per heavy atom. The van der Waals surface area contributed by atoms with Crippen molar-refractivity contribution in [1.29, 1.82) is 0 Å². The minimum atomic E-state index is -4.10. The van der Waals surface area contributed by atoms with Gasteiger partial charge >= 0.3 is 5.97 Å². The first-order valence-corrected chi connectivity index (χ1v) is 17.8. The van der Waals surface area contributed by atoms with Gasteiger partial charge in [-0.2, -0.15) is 4.31 Å². The van der Waals surface area contributed by atoms with Gasteiger partial charge in [0.1, 0.15) is 12.1 Å². The molecule has 2 unspecified atom stereocenters. The standard InChI is InChI=1S/C33H32Cl2N4O6S2/c1-38(2)27-11-4-8-23-22(27)7-5-12-29(23)47(43,44)39-19-46-18-28(39)31(40)37-26(33(42)45-3)17-20-13-15-21(16-14-20)36-32(41)30-24(34)9-6-10-25(30)35/h4-16,26,28H,17-19H2,1-3H3,(H,36,41)(H,37,40). The molecule has 0 bridgehead atoms. The molecular formula is C33H32Cl2N4O6S2. The molecule has 1 aliphatic rings. The molecular weight excluding hydrogens is 683 g/mol. The Balaban J connectivity index is 1.32. The number of anilines is 2. The number of hydrogen-bond donors (Lipinski definition) is 2. The third-order valence-corrected chi connectivity index (χ3v) is 11.4. The number of carbonyl (C=O) groups is 3. The summed E-state index contributed by atoms with van der Waals surface area (Å²) >= 11 is 13.6. The number of nitrogens with one attached hydrogen (secondary N) is 2. The number of benzene rings is 4. The van der Waals surface area contributed by atoms with Gasteiger partial charge in [0.05, 0.1) is 33.5 Å². The van der Waals surface area contributed by atoms with E-state index in [0.29, 0.717) is 16.6 Å². The summed E-state index contributed by atoms with van der Waals surface area (Å²) in [4.78, 5) is 41.1. The lowest BCUT2D eigenvalue weighted by Gasteiger charge is -2.25. The van der Waals surface area contributed by atoms with Crippen LogP contribution in [0.1, 0.15) is 15.9 Å². The molecule has 246 valence electrons. The number of halogens is 2. The quantitative estimate of drug-likeness (QED) is 0.209. The first-order valence-electron chi connectivity index (χ1n) is 14.4. The van der Waals surface area contributed by atoms with Crippen LogP contribution in [-0.4, -0.2) is 75.4 Å². The molecule has 5 rings (SSSR count). The number of sulfonamides is 1. The van der Waals surface area contributed by atoms with E-state index in [1.807, 2.05) is 31.1 Å². The van der Waals surface area contributed by atoms with Crippen molar-refractivity contribution in [2.45, 2.75) is 23.4 Å². The van der Waals surface area contributed by atoms with E-state index in [2.05, 4.69) is 10.6 Å². The fourth-order valence-electron chi connectivity index (χ4n) is 5.35. The van der Waals surface area contributed by atoms with Gasteiger partial charge in [0.15, 0.2) is 0 Å². The molecule has 2 atom stereocenters. The van der Waals surface area contributed by atoms with Crippen LogP contribution in [0.2, 0.25) is 10.0 Å². The minimum absolute atomic E-state index is 0.0617. The molecule has 0 spiro atoms. The van der Waals surface area contributed by atoms with Crippen LogP contribution in [0, 0.1) is 0 Å². The highest BCUT2D eigenvalue weighted by Crippen LogP contribution is 2.35. The van der Waals surface area contributed by atoms with Gasteiger partial charge in [-0.3, -0.25) is 9.59 Å². The van der Waals surface area contributed by atoms with Gasteiger partial charge in [0.2, 0.25) is 15.9 Å². The summed E-state index contributed by atoms with van der Waals surface area (Å²) in [5.41, 5.74) is 2.13. The normalized spacial score (nSPS) is 15.6. The van der Waals surface area contributed by atoms with Gasteiger partial charge in [-0.15, -0.1) is 11.8 Å². The van der Waals surface area contributed by atoms with E-state index in [1.54, 1.807) is 66.7 Å². The molecule has 0 saturated carbocycles. The smallest absolute Gasteiger partial charge is 0.328 e. The Labute approximate surface area is 287 Å². The highest BCUT2D eigenvalue weighted by atomic mass is 35.5. The fraction of sp³-hybridized carbons (Fsp3) is 0.242. The summed E-state index contributed by atoms with van der Waals surface area (Å²) in [5, 5.41) is 7.21. The summed E-state index contributed by atoms with van der Waals surface area (Å²) in [6, 6.07) is 19.9. The lowest BCUT2D eigenvalue weighted by Crippen LogP contribution is -2.52. The highest BCUT2D eigenvalue weighted by molar-refractivity contribution is 8.00. The molecule has 2 N–H and O–H groups in total. The van der Waals surface area contributed by atoms with Crippen molar-refractivity contribution in [2.75, 3.05) is 43.1 Å². The number of ether oxygens (including phenoxy) is 1. The number of amides is 2. The van der Waals surface area contributed by atoms with Crippen LogP contribution >= 0.6 is 35.0 Å². The fourth-order valence-corrected chi connectivity index (χ4v) is 9.27. The zero-order valence-corrected chi connectivity index (χ0v) is 28.8. The Kier molecular flexibility index (Phi) is 10.7. The molecule has 1 aliphatic heterocycles. The highest BCUT2D eigenvalue weighted by Gasteiger charge is 2.41. The SMILES string of the molecule is COC(=O)C(Cc1ccc(NC(=O)c2c(Cl)cccc2Cl)cc1)NC(=O)C1CSCN1S(=O)(=O)c1cccc2c(N(C)C)cccc12. The third-order valence-electron chi connectivity index (χ3n) is 7.72. The van der Waals surface area contributed by atoms with Crippen LogP contribution in [0.15, 0.2) is 83.8 Å². The van der Waals surface area contributed by atoms with E-state index in [0.717, 1.165) is 11.1 Å². The third kappa shape index (κ3) is 7.37. The average molecular weight is 716 g/mol. The Hall–Kier alpha value is -3.81. The molecule has 0 aromatic heterocycles. The number of carbonyl (C=O) groups excluding carboxylic acids is 3. The summed E-state index contributed by atoms with van der Waals surface area (Å²) < 4.78 is 34.2. The number of methoxy groups -OCH3 is 1. The van der Waals surface area contributed by atoms with Gasteiger partial charge in [0.25, 0.3) is 5.91 Å². The van der Waals surface area contributed by atoms with Crippen LogP contribution < -0.4 is 15.5 Å². The van der Waals surface area contributed by atoms with Crippen molar-refractivity contribution < 1.29 is 27.5 Å². The Bertz CT molecular complexity index is 1920. The number of fused-ring (bicyclic) bond motifs is 1. The zero-order valence-electron chi connectivity index (χ0n) is 25.7. The molecule has 1 saturated heterocycles. The maximum Gasteiger partial charge on any atom is 0.328 e. The maximum atomic E-state index is 14.0. The van der Waals surface area contributed by atoms with Gasteiger partial charge in [0, 0.05) is 48.4 Å². The lowest BCUT2D eigenvalue weighted by atomic mass is 10.0. The van der Waals surface area contributed by atoms with Crippen molar-refractivity contribution in [3.05, 3.63) is 100 Å². The topological polar surface area (TPSA) is 125 Å². The molecule has 1 heterocycles. The summed E-state index contributed by atoms with van der Waals surface area (Å²) in [6.07, 6.45) is 0.0617. The van der Waals surface area contributed by atoms with E-state index < -0.39 is 39.9 Å². The van der Waals surface area contributed by atoms with Crippen molar-refractivity contribution in [1.82, 2.24) is 9.62 Å². The van der Waals surface area contributed by atoms with Gasteiger partial charge in [-0.1, -0.05) is 65.7 Å². The summed E-state index contributed by atoms with van der Waals surface area (Å²) in [7, 11) is 0.886. The number of esters is 1. The molecule has 0 aliphatic carbocycles. The summed E-state index contributed by atoms with van der Waals surface area (Å²) in [5.74, 6) is -1.47. The average Bonchev–Trinajstić information content (AvgIpc) is 3.56. The number of nitrogens with zero attached hydrogens (tertiary/aromatic N) is 2. The van der Waals surface area contributed by atoms with E-state index in [4.69, 9.17) is 27.9 Å². The van der Waals surface area contributed by atoms with Gasteiger partial charge in [-0.05, 0) is 42.0 Å². The Morgan fingerprint density at radius 1 is 0.957 bits per heavy atom. The second-order valence-electron chi connectivity index (χ2n) is 11.0. The monoisotopic (exact) mass is 714 g/mol. The van der Waals surface area contributed by atoms with Gasteiger partial charge < -0.3 is 20.3 Å². The zero-order chi connectivity index (χ0) is 33.9. The van der Waals surface area contributed by atoms with Crippen LogP contribution in [-0.2, 0) is 30.8 Å². The van der Waals surface area contributed by atoms with E-state index in [1.165, 1.54) is 23.2 Å². The molecule has 14 heteroatoms. The minimum Gasteiger partial charge on any atom is -0.467 e. The van der Waals surface area contributed by atoms with Crippen LogP contribution in [0.4, 0.5) is 11.4 Å². The maximum absolute atomic E-state index is 14.0.